The molecule has 1 N–H and O–H groups in total. The lowest BCUT2D eigenvalue weighted by Crippen LogP contribution is -2.37. The third kappa shape index (κ3) is 83.4. The van der Waals surface area contributed by atoms with Crippen molar-refractivity contribution in [1.82, 2.24) is 0 Å². The van der Waals surface area contributed by atoms with Gasteiger partial charge in [-0.1, -0.05) is 405 Å². The molecule has 578 valence electrons. The van der Waals surface area contributed by atoms with Crippen LogP contribution in [0.25, 0.3) is 0 Å². The highest BCUT2D eigenvalue weighted by atomic mass is 31.2. The average Bonchev–Trinajstić information content (AvgIpc) is 1.30. The molecule has 2 atom stereocenters. The van der Waals surface area contributed by atoms with Crippen molar-refractivity contribution in [2.45, 2.75) is 392 Å². The van der Waals surface area contributed by atoms with Crippen molar-refractivity contribution in [2.75, 3.05) is 47.5 Å². The topological polar surface area (TPSA) is 108 Å². The first-order chi connectivity index (χ1) is 49.0. The Labute approximate surface area is 619 Å². The third-order valence-electron chi connectivity index (χ3n) is 18.5. The molecule has 0 aromatic heterocycles. The van der Waals surface area contributed by atoms with E-state index in [-0.39, 0.29) is 32.0 Å². The summed E-state index contributed by atoms with van der Waals surface area (Å²) in [7, 11) is 1.48. The lowest BCUT2D eigenvalue weighted by molar-refractivity contribution is -0.870. The van der Waals surface area contributed by atoms with Gasteiger partial charge in [-0.2, -0.15) is 0 Å². The van der Waals surface area contributed by atoms with Gasteiger partial charge >= 0.3 is 19.8 Å². The zero-order valence-electron chi connectivity index (χ0n) is 66.2. The summed E-state index contributed by atoms with van der Waals surface area (Å²) in [6.07, 6.45) is 115. The molecular formula is C90H161NO8P+. The molecule has 10 heteroatoms. The van der Waals surface area contributed by atoms with E-state index < -0.39 is 26.5 Å². The van der Waals surface area contributed by atoms with Crippen molar-refractivity contribution in [3.8, 4) is 0 Å². The number of carbonyl (C=O) groups excluding carboxylic acids is 2. The van der Waals surface area contributed by atoms with Gasteiger partial charge in [0.1, 0.15) is 19.8 Å². The summed E-state index contributed by atoms with van der Waals surface area (Å²) in [5.74, 6) is -0.791. The molecular weight excluding hydrogens is 1250 g/mol. The Balaban J connectivity index is 3.98. The van der Waals surface area contributed by atoms with Gasteiger partial charge < -0.3 is 18.9 Å². The van der Waals surface area contributed by atoms with E-state index in [0.29, 0.717) is 17.4 Å². The number of allylic oxidation sites excluding steroid dienone is 20. The summed E-state index contributed by atoms with van der Waals surface area (Å²) in [5.41, 5.74) is 0. The molecule has 0 aliphatic carbocycles. The van der Waals surface area contributed by atoms with Gasteiger partial charge in [0.2, 0.25) is 0 Å². The maximum absolute atomic E-state index is 12.9. The van der Waals surface area contributed by atoms with Gasteiger partial charge in [0.25, 0.3) is 0 Å². The number of rotatable bonds is 78. The second-order valence-corrected chi connectivity index (χ2v) is 30.9. The molecule has 0 aliphatic rings. The fourth-order valence-corrected chi connectivity index (χ4v) is 12.9. The Morgan fingerprint density at radius 3 is 0.850 bits per heavy atom. The van der Waals surface area contributed by atoms with Gasteiger partial charge in [-0.25, -0.2) is 4.57 Å². The maximum atomic E-state index is 12.9. The van der Waals surface area contributed by atoms with Crippen molar-refractivity contribution in [1.29, 1.82) is 0 Å². The van der Waals surface area contributed by atoms with Crippen LogP contribution in [-0.4, -0.2) is 74.9 Å². The van der Waals surface area contributed by atoms with E-state index in [4.69, 9.17) is 18.5 Å². The van der Waals surface area contributed by atoms with Crippen molar-refractivity contribution >= 4 is 19.8 Å². The summed E-state index contributed by atoms with van der Waals surface area (Å²) in [6, 6.07) is 0. The molecule has 0 saturated carbocycles. The number of nitrogens with zero attached hydrogens (tertiary/aromatic N) is 1. The van der Waals surface area contributed by atoms with Gasteiger partial charge in [-0.15, -0.1) is 0 Å². The Morgan fingerprint density at radius 1 is 0.320 bits per heavy atom. The van der Waals surface area contributed by atoms with E-state index in [1.54, 1.807) is 0 Å². The van der Waals surface area contributed by atoms with Gasteiger partial charge in [-0.3, -0.25) is 18.6 Å². The van der Waals surface area contributed by atoms with Crippen molar-refractivity contribution in [3.63, 3.8) is 0 Å². The van der Waals surface area contributed by atoms with E-state index in [0.717, 1.165) is 109 Å². The monoisotopic (exact) mass is 1420 g/mol. The minimum absolute atomic E-state index is 0.0280. The lowest BCUT2D eigenvalue weighted by Gasteiger charge is -2.24. The zero-order valence-corrected chi connectivity index (χ0v) is 67.1. The Kier molecular flexibility index (Phi) is 76.7. The number of phosphoric acid groups is 1. The van der Waals surface area contributed by atoms with Crippen molar-refractivity contribution in [3.05, 3.63) is 122 Å². The van der Waals surface area contributed by atoms with E-state index in [1.165, 1.54) is 244 Å². The quantitative estimate of drug-likeness (QED) is 0.0211. The van der Waals surface area contributed by atoms with Crippen LogP contribution < -0.4 is 0 Å². The molecule has 0 fully saturated rings. The maximum Gasteiger partial charge on any atom is 0.472 e. The summed E-state index contributed by atoms with van der Waals surface area (Å²) in [4.78, 5) is 36.0. The fourth-order valence-electron chi connectivity index (χ4n) is 12.1. The highest BCUT2D eigenvalue weighted by Gasteiger charge is 2.27. The first kappa shape index (κ1) is 96.4. The average molecular weight is 1420 g/mol. The largest absolute Gasteiger partial charge is 0.472 e. The van der Waals surface area contributed by atoms with E-state index in [9.17, 15) is 19.0 Å². The number of phosphoric ester groups is 1. The summed E-state index contributed by atoms with van der Waals surface area (Å²) >= 11 is 0. The Hall–Kier alpha value is -3.59. The second-order valence-electron chi connectivity index (χ2n) is 29.5. The number of likely N-dealkylation sites (N-methyl/N-ethyl adjacent to an activating group) is 1. The molecule has 0 radical (unpaired) electrons. The zero-order chi connectivity index (χ0) is 72.5. The first-order valence-corrected chi connectivity index (χ1v) is 43.8. The van der Waals surface area contributed by atoms with Gasteiger partial charge in [0.05, 0.1) is 27.7 Å². The first-order valence-electron chi connectivity index (χ1n) is 42.3. The van der Waals surface area contributed by atoms with E-state index in [1.807, 2.05) is 21.1 Å². The van der Waals surface area contributed by atoms with Crippen LogP contribution in [0.4, 0.5) is 0 Å². The molecule has 100 heavy (non-hydrogen) atoms. The number of hydrogen-bond donors (Lipinski definition) is 1. The van der Waals surface area contributed by atoms with Gasteiger partial charge in [0.15, 0.2) is 6.10 Å². The lowest BCUT2D eigenvalue weighted by atomic mass is 10.0. The highest BCUT2D eigenvalue weighted by molar-refractivity contribution is 7.47. The summed E-state index contributed by atoms with van der Waals surface area (Å²) in [5, 5.41) is 0. The highest BCUT2D eigenvalue weighted by Crippen LogP contribution is 2.43. The summed E-state index contributed by atoms with van der Waals surface area (Å²) in [6.45, 7) is 4.36. The van der Waals surface area contributed by atoms with Crippen LogP contribution in [0.1, 0.15) is 386 Å². The van der Waals surface area contributed by atoms with Crippen LogP contribution in [-0.2, 0) is 32.7 Å². The molecule has 0 saturated heterocycles. The molecule has 0 amide bonds. The number of carbonyl (C=O) groups is 2. The molecule has 2 unspecified atom stereocenters. The predicted octanol–water partition coefficient (Wildman–Crippen LogP) is 28.5. The number of unbranched alkanes of at least 4 members (excludes halogenated alkanes) is 44. The Bertz CT molecular complexity index is 2110. The second kappa shape index (κ2) is 79.5. The smallest absolute Gasteiger partial charge is 0.462 e. The van der Waals surface area contributed by atoms with Crippen LogP contribution in [0.3, 0.4) is 0 Å². The van der Waals surface area contributed by atoms with Crippen molar-refractivity contribution in [2.24, 2.45) is 0 Å². The van der Waals surface area contributed by atoms with Gasteiger partial charge in [0, 0.05) is 12.8 Å². The molecule has 0 aliphatic heterocycles. The molecule has 0 heterocycles. The van der Waals surface area contributed by atoms with Crippen LogP contribution in [0.5, 0.6) is 0 Å². The number of ether oxygens (including phenoxy) is 2. The fraction of sp³-hybridized carbons (Fsp3) is 0.756. The van der Waals surface area contributed by atoms with Crippen LogP contribution in [0, 0.1) is 0 Å². The van der Waals surface area contributed by atoms with E-state index in [2.05, 4.69) is 135 Å². The minimum Gasteiger partial charge on any atom is -0.462 e. The molecule has 0 rings (SSSR count). The van der Waals surface area contributed by atoms with Gasteiger partial charge in [-0.05, 0) is 89.9 Å². The molecule has 0 spiro atoms. The normalized spacial score (nSPS) is 13.6. The van der Waals surface area contributed by atoms with Crippen molar-refractivity contribution < 1.29 is 42.1 Å². The molecule has 0 aromatic rings. The summed E-state index contributed by atoms with van der Waals surface area (Å²) < 4.78 is 34.8. The third-order valence-corrected chi connectivity index (χ3v) is 19.5. The Morgan fingerprint density at radius 2 is 0.570 bits per heavy atom. The SMILES string of the molecule is CC/C=C\C/C=C\C/C=C\C/C=C\C/C=C\C/C=C\C/C=C\C/C=C\C/C=C\C/C=C\CCCCCCCCCCCCC(=O)OC(COC(=O)CCCCCCCCCCCCCCCCCCCCCCCCCCCCCCCCCCCCC)COP(=O)(O)OCC[N+](C)(C)C. The van der Waals surface area contributed by atoms with E-state index >= 15 is 0 Å². The molecule has 9 nitrogen and oxygen atoms in total. The number of esters is 2. The van der Waals surface area contributed by atoms with Crippen LogP contribution in [0.2, 0.25) is 0 Å². The predicted molar refractivity (Wildman–Crippen MR) is 436 cm³/mol. The van der Waals surface area contributed by atoms with Crippen LogP contribution in [0.15, 0.2) is 122 Å². The number of quaternary nitrogens is 1. The number of hydrogen-bond acceptors (Lipinski definition) is 7. The van der Waals surface area contributed by atoms with Crippen LogP contribution >= 0.6 is 7.82 Å². The molecule has 0 aromatic carbocycles. The standard InChI is InChI=1S/C90H160NO8P/c1-6-8-10-12-14-16-18-20-22-24-26-28-30-32-34-36-38-40-42-43-44-45-46-47-49-51-53-55-57-59-61-63-65-67-69-71-73-75-77-79-81-83-90(93)99-88(87-98-100(94,95)97-85-84-91(3,4)5)86-96-89(92)82-80-78-76-74-72-70-68-66-64-62-60-58-56-54-52-50-48-41-39-37-35-33-31-29-27-25-23-21-19-17-15-13-11-9-7-2/h8,10,14,16,20,22,26,28,32,34,38,40,43-44,46-47,51,53,57,59,88H,6-7,9,11-13,15,17-19,21,23-25,27,29-31,33,35-37,39,41-42,45,48-50,52,54-56,58,60-87H2,1-5H3/p+1/b10-8-,16-14-,22-20-,28-26-,34-32-,40-38-,44-43-,47-46-,53-51-,59-57-. The minimum atomic E-state index is -4.40. The molecule has 0 bridgehead atoms.